The van der Waals surface area contributed by atoms with Crippen molar-refractivity contribution in [3.05, 3.63) is 21.1 Å². The van der Waals surface area contributed by atoms with E-state index >= 15 is 0 Å². The van der Waals surface area contributed by atoms with E-state index in [-0.39, 0.29) is 0 Å². The molecule has 1 heterocycles. The number of aryl methyl sites for hydroxylation is 1. The van der Waals surface area contributed by atoms with Gasteiger partial charge in [0.1, 0.15) is 10.8 Å². The number of ether oxygens (including phenoxy) is 1. The van der Waals surface area contributed by atoms with E-state index in [9.17, 15) is 0 Å². The topological polar surface area (TPSA) is 35.0 Å². The van der Waals surface area contributed by atoms with Crippen LogP contribution in [0.3, 0.4) is 0 Å². The molecule has 0 unspecified atom stereocenters. The smallest absolute Gasteiger partial charge is 0.161 e. The third-order valence-electron chi connectivity index (χ3n) is 2.26. The zero-order valence-electron chi connectivity index (χ0n) is 9.27. The van der Waals surface area contributed by atoms with Crippen LogP contribution in [0.15, 0.2) is 4.47 Å². The van der Waals surface area contributed by atoms with Crippen molar-refractivity contribution in [2.45, 2.75) is 32.8 Å². The minimum absolute atomic E-state index is 0.432. The maximum Gasteiger partial charge on any atom is 0.161 e. The van der Waals surface area contributed by atoms with Crippen molar-refractivity contribution in [3.63, 3.8) is 0 Å². The Balaban J connectivity index is 3.28. The summed E-state index contributed by atoms with van der Waals surface area (Å²) in [6, 6.07) is 0. The van der Waals surface area contributed by atoms with Gasteiger partial charge in [0.05, 0.1) is 10.2 Å². The molecule has 0 saturated carbocycles. The van der Waals surface area contributed by atoms with Crippen molar-refractivity contribution in [1.29, 1.82) is 0 Å². The Kier molecular flexibility index (Phi) is 4.09. The molecule has 84 valence electrons. The minimum Gasteiger partial charge on any atom is -0.371 e. The van der Waals surface area contributed by atoms with Crippen LogP contribution in [0, 0.1) is 0 Å². The van der Waals surface area contributed by atoms with E-state index in [1.165, 1.54) is 0 Å². The SMILES string of the molecule is CCc1nc(C(C)(C)OC)nc(Cl)c1Br. The Hall–Kier alpha value is -0.190. The zero-order chi connectivity index (χ0) is 11.6. The maximum atomic E-state index is 6.01. The van der Waals surface area contributed by atoms with Crippen LogP contribution in [-0.2, 0) is 16.8 Å². The molecular formula is C10H14BrClN2O. The highest BCUT2D eigenvalue weighted by molar-refractivity contribution is 9.10. The van der Waals surface area contributed by atoms with E-state index < -0.39 is 5.60 Å². The van der Waals surface area contributed by atoms with Gasteiger partial charge in [0.2, 0.25) is 0 Å². The zero-order valence-corrected chi connectivity index (χ0v) is 11.6. The predicted octanol–water partition coefficient (Wildman–Crippen LogP) is 3.34. The van der Waals surface area contributed by atoms with E-state index in [4.69, 9.17) is 16.3 Å². The van der Waals surface area contributed by atoms with Gasteiger partial charge in [-0.1, -0.05) is 18.5 Å². The molecule has 0 spiro atoms. The molecule has 3 nitrogen and oxygen atoms in total. The molecule has 5 heteroatoms. The maximum absolute atomic E-state index is 6.01. The van der Waals surface area contributed by atoms with Gasteiger partial charge in [-0.2, -0.15) is 0 Å². The summed E-state index contributed by atoms with van der Waals surface area (Å²) in [5.41, 5.74) is 0.379. The summed E-state index contributed by atoms with van der Waals surface area (Å²) in [6.45, 7) is 5.84. The number of aromatic nitrogens is 2. The lowest BCUT2D eigenvalue weighted by Crippen LogP contribution is -2.23. The molecule has 0 saturated heterocycles. The summed E-state index contributed by atoms with van der Waals surface area (Å²) in [6.07, 6.45) is 0.801. The van der Waals surface area contributed by atoms with Crippen LogP contribution in [-0.4, -0.2) is 17.1 Å². The Morgan fingerprint density at radius 1 is 1.40 bits per heavy atom. The van der Waals surface area contributed by atoms with Crippen LogP contribution in [0.1, 0.15) is 32.3 Å². The van der Waals surface area contributed by atoms with E-state index in [0.717, 1.165) is 16.6 Å². The van der Waals surface area contributed by atoms with E-state index in [1.807, 2.05) is 20.8 Å². The molecule has 0 aliphatic heterocycles. The normalized spacial score (nSPS) is 11.9. The van der Waals surface area contributed by atoms with Crippen LogP contribution < -0.4 is 0 Å². The number of hydrogen-bond donors (Lipinski definition) is 0. The van der Waals surface area contributed by atoms with E-state index in [1.54, 1.807) is 7.11 Å². The van der Waals surface area contributed by atoms with Gasteiger partial charge in [-0.25, -0.2) is 9.97 Å². The largest absolute Gasteiger partial charge is 0.371 e. The lowest BCUT2D eigenvalue weighted by atomic mass is 10.1. The molecule has 15 heavy (non-hydrogen) atoms. The van der Waals surface area contributed by atoms with Crippen LogP contribution in [0.25, 0.3) is 0 Å². The molecule has 0 aliphatic carbocycles. The quantitative estimate of drug-likeness (QED) is 0.802. The molecule has 0 bridgehead atoms. The number of methoxy groups -OCH3 is 1. The fourth-order valence-electron chi connectivity index (χ4n) is 1.06. The second kappa shape index (κ2) is 4.76. The van der Waals surface area contributed by atoms with Gasteiger partial charge in [-0.3, -0.25) is 0 Å². The number of hydrogen-bond acceptors (Lipinski definition) is 3. The van der Waals surface area contributed by atoms with E-state index in [0.29, 0.717) is 11.0 Å². The Morgan fingerprint density at radius 3 is 2.47 bits per heavy atom. The average Bonchev–Trinajstić information content (AvgIpc) is 2.21. The third kappa shape index (κ3) is 2.68. The van der Waals surface area contributed by atoms with Gasteiger partial charge in [-0.15, -0.1) is 0 Å². The summed E-state index contributed by atoms with van der Waals surface area (Å²) in [5, 5.41) is 0.432. The second-order valence-electron chi connectivity index (χ2n) is 3.67. The molecule has 0 amide bonds. The van der Waals surface area contributed by atoms with Crippen molar-refractivity contribution < 1.29 is 4.74 Å². The monoisotopic (exact) mass is 292 g/mol. The lowest BCUT2D eigenvalue weighted by molar-refractivity contribution is 0.0112. The van der Waals surface area contributed by atoms with Gasteiger partial charge in [0.25, 0.3) is 0 Å². The summed E-state index contributed by atoms with van der Waals surface area (Å²) in [7, 11) is 1.63. The van der Waals surface area contributed by atoms with Crippen LogP contribution in [0.4, 0.5) is 0 Å². The first-order valence-electron chi connectivity index (χ1n) is 4.70. The molecular weight excluding hydrogens is 279 g/mol. The number of halogens is 2. The highest BCUT2D eigenvalue weighted by Crippen LogP contribution is 2.28. The van der Waals surface area contributed by atoms with Gasteiger partial charge in [-0.05, 0) is 36.2 Å². The molecule has 0 fully saturated rings. The Morgan fingerprint density at radius 2 is 2.00 bits per heavy atom. The predicted molar refractivity (Wildman–Crippen MR) is 64.2 cm³/mol. The Labute approximate surface area is 103 Å². The van der Waals surface area contributed by atoms with Gasteiger partial charge in [0, 0.05) is 7.11 Å². The van der Waals surface area contributed by atoms with Crippen LogP contribution >= 0.6 is 27.5 Å². The van der Waals surface area contributed by atoms with Crippen molar-refractivity contribution in [2.75, 3.05) is 7.11 Å². The number of rotatable bonds is 3. The van der Waals surface area contributed by atoms with Crippen molar-refractivity contribution in [2.24, 2.45) is 0 Å². The summed E-state index contributed by atoms with van der Waals surface area (Å²) in [4.78, 5) is 8.63. The first-order valence-corrected chi connectivity index (χ1v) is 5.87. The lowest BCUT2D eigenvalue weighted by Gasteiger charge is -2.22. The second-order valence-corrected chi connectivity index (χ2v) is 4.82. The van der Waals surface area contributed by atoms with Gasteiger partial charge >= 0.3 is 0 Å². The van der Waals surface area contributed by atoms with Gasteiger partial charge in [0.15, 0.2) is 5.82 Å². The Bertz CT molecular complexity index is 369. The molecule has 1 aromatic rings. The molecule has 0 atom stereocenters. The number of nitrogens with zero attached hydrogens (tertiary/aromatic N) is 2. The van der Waals surface area contributed by atoms with Crippen LogP contribution in [0.2, 0.25) is 5.15 Å². The molecule has 0 radical (unpaired) electrons. The summed E-state index contributed by atoms with van der Waals surface area (Å²) < 4.78 is 6.09. The summed E-state index contributed by atoms with van der Waals surface area (Å²) >= 11 is 9.37. The standard InChI is InChI=1S/C10H14BrClN2O/c1-5-6-7(11)8(12)14-9(13-6)10(2,3)15-4/h5H2,1-4H3. The molecule has 0 aliphatic rings. The van der Waals surface area contributed by atoms with E-state index in [2.05, 4.69) is 25.9 Å². The molecule has 0 N–H and O–H groups in total. The molecule has 0 aromatic carbocycles. The first-order chi connectivity index (χ1) is 6.92. The van der Waals surface area contributed by atoms with Crippen molar-refractivity contribution in [3.8, 4) is 0 Å². The molecule has 1 rings (SSSR count). The van der Waals surface area contributed by atoms with Crippen molar-refractivity contribution >= 4 is 27.5 Å². The highest BCUT2D eigenvalue weighted by Gasteiger charge is 2.25. The first kappa shape index (κ1) is 12.9. The average molecular weight is 294 g/mol. The van der Waals surface area contributed by atoms with Gasteiger partial charge < -0.3 is 4.74 Å². The third-order valence-corrected chi connectivity index (χ3v) is 3.60. The fraction of sp³-hybridized carbons (Fsp3) is 0.600. The molecule has 1 aromatic heterocycles. The highest BCUT2D eigenvalue weighted by atomic mass is 79.9. The minimum atomic E-state index is -0.520. The van der Waals surface area contributed by atoms with Crippen LogP contribution in [0.5, 0.6) is 0 Å². The fourth-order valence-corrected chi connectivity index (χ4v) is 1.70. The van der Waals surface area contributed by atoms with Crippen molar-refractivity contribution in [1.82, 2.24) is 9.97 Å². The summed E-state index contributed by atoms with van der Waals surface area (Å²) in [5.74, 6) is 0.607.